The van der Waals surface area contributed by atoms with Gasteiger partial charge in [0, 0.05) is 11.8 Å². The molecule has 0 unspecified atom stereocenters. The first-order valence-electron chi connectivity index (χ1n) is 9.31. The fourth-order valence-electron chi connectivity index (χ4n) is 4.48. The van der Waals surface area contributed by atoms with E-state index in [4.69, 9.17) is 0 Å². The van der Waals surface area contributed by atoms with Gasteiger partial charge in [0.05, 0.1) is 12.4 Å². The van der Waals surface area contributed by atoms with E-state index in [0.29, 0.717) is 0 Å². The van der Waals surface area contributed by atoms with E-state index in [1.54, 1.807) is 0 Å². The molecule has 2 heteroatoms. The zero-order valence-corrected chi connectivity index (χ0v) is 16.0. The predicted molar refractivity (Wildman–Crippen MR) is 113 cm³/mol. The van der Waals surface area contributed by atoms with E-state index >= 15 is 0 Å². The first-order chi connectivity index (χ1) is 13.1. The maximum absolute atomic E-state index is 4.22. The fraction of sp³-hybridized carbons (Fsp3) is 0.120. The van der Waals surface area contributed by atoms with Crippen molar-refractivity contribution in [1.82, 2.24) is 0 Å². The number of rotatable bonds is 1. The highest BCUT2D eigenvalue weighted by Crippen LogP contribution is 2.51. The third kappa shape index (κ3) is 2.20. The minimum absolute atomic E-state index is 1.12. The van der Waals surface area contributed by atoms with Gasteiger partial charge in [-0.25, -0.2) is 0 Å². The zero-order chi connectivity index (χ0) is 18.7. The van der Waals surface area contributed by atoms with Crippen LogP contribution in [0.2, 0.25) is 0 Å². The van der Waals surface area contributed by atoms with Crippen molar-refractivity contribution in [1.29, 1.82) is 0 Å². The Hall–Kier alpha value is -3.26. The van der Waals surface area contributed by atoms with Gasteiger partial charge in [-0.2, -0.15) is 0 Å². The summed E-state index contributed by atoms with van der Waals surface area (Å²) in [7, 11) is 0. The standard InChI is InChI=1S/C25H22N2/c1-16-14-21-19-10-5-6-11-20(19)25-26(4)12-13-27(25)24(21)22(15-16)23-17(2)8-7-9-18(23)3/h5-15H,4H2,1-3H3. The number of aryl methyl sites for hydroxylation is 3. The molecule has 0 amide bonds. The smallest absolute Gasteiger partial charge is 0.221 e. The van der Waals surface area contributed by atoms with Crippen LogP contribution in [0.5, 0.6) is 0 Å². The van der Waals surface area contributed by atoms with Crippen LogP contribution in [0.4, 0.5) is 5.69 Å². The van der Waals surface area contributed by atoms with Crippen LogP contribution in [0.15, 0.2) is 67.0 Å². The van der Waals surface area contributed by atoms with Crippen LogP contribution in [0.1, 0.15) is 22.3 Å². The van der Waals surface area contributed by atoms with Crippen LogP contribution < -0.4 is 4.90 Å². The van der Waals surface area contributed by atoms with Crippen LogP contribution in [-0.4, -0.2) is 11.3 Å². The average Bonchev–Trinajstić information content (AvgIpc) is 3.03. The minimum atomic E-state index is 1.12. The third-order valence-corrected chi connectivity index (χ3v) is 5.60. The quantitative estimate of drug-likeness (QED) is 0.397. The molecule has 0 saturated heterocycles. The summed E-state index contributed by atoms with van der Waals surface area (Å²) in [5.74, 6) is 0. The Morgan fingerprint density at radius 1 is 0.852 bits per heavy atom. The molecular formula is C25H22N2. The molecule has 2 nitrogen and oxygen atoms in total. The van der Waals surface area contributed by atoms with Gasteiger partial charge >= 0.3 is 0 Å². The van der Waals surface area contributed by atoms with E-state index in [-0.39, 0.29) is 0 Å². The van der Waals surface area contributed by atoms with Gasteiger partial charge in [-0.15, -0.1) is 6.07 Å². The van der Waals surface area contributed by atoms with Crippen molar-refractivity contribution in [3.63, 3.8) is 0 Å². The van der Waals surface area contributed by atoms with Crippen LogP contribution in [0, 0.1) is 26.9 Å². The second kappa shape index (κ2) is 5.62. The SMILES string of the molecule is C=[N+]1C=CN2c3c(cc(C)cc3-c3c(C)cccc3C)-c3ccccc3[C-]21. The van der Waals surface area contributed by atoms with Crippen molar-refractivity contribution in [2.75, 3.05) is 4.90 Å². The van der Waals surface area contributed by atoms with Crippen molar-refractivity contribution in [3.05, 3.63) is 95.4 Å². The first-order valence-corrected chi connectivity index (χ1v) is 9.31. The van der Waals surface area contributed by atoms with Crippen molar-refractivity contribution >= 4 is 12.4 Å². The topological polar surface area (TPSA) is 6.25 Å². The highest BCUT2D eigenvalue weighted by atomic mass is 15.3. The summed E-state index contributed by atoms with van der Waals surface area (Å²) in [5, 5.41) is 0. The van der Waals surface area contributed by atoms with Crippen LogP contribution in [-0.2, 0) is 0 Å². The molecule has 0 bridgehead atoms. The van der Waals surface area contributed by atoms with Gasteiger partial charge < -0.3 is 0 Å². The van der Waals surface area contributed by atoms with Gasteiger partial charge in [0.2, 0.25) is 6.17 Å². The molecule has 0 fully saturated rings. The molecule has 0 atom stereocenters. The zero-order valence-electron chi connectivity index (χ0n) is 16.0. The number of benzene rings is 3. The summed E-state index contributed by atoms with van der Waals surface area (Å²) in [6.45, 7) is 10.8. The molecule has 3 aromatic carbocycles. The Morgan fingerprint density at radius 2 is 1.56 bits per heavy atom. The molecule has 27 heavy (non-hydrogen) atoms. The fourth-order valence-corrected chi connectivity index (χ4v) is 4.48. The lowest BCUT2D eigenvalue weighted by molar-refractivity contribution is -0.416. The van der Waals surface area contributed by atoms with Crippen molar-refractivity contribution in [2.45, 2.75) is 20.8 Å². The molecule has 0 spiro atoms. The number of fused-ring (bicyclic) bond motifs is 6. The number of nitrogens with zero attached hydrogens (tertiary/aromatic N) is 2. The molecule has 0 N–H and O–H groups in total. The maximum atomic E-state index is 4.22. The normalized spacial score (nSPS) is 14.3. The summed E-state index contributed by atoms with van der Waals surface area (Å²) in [6, 6.07) is 19.8. The highest BCUT2D eigenvalue weighted by Gasteiger charge is 2.37. The molecule has 132 valence electrons. The Kier molecular flexibility index (Phi) is 3.32. The molecule has 2 heterocycles. The molecule has 2 aliphatic heterocycles. The molecule has 0 aliphatic carbocycles. The molecule has 0 radical (unpaired) electrons. The molecule has 2 aliphatic rings. The first kappa shape index (κ1) is 16.0. The summed E-state index contributed by atoms with van der Waals surface area (Å²) in [6.07, 6.45) is 5.29. The number of hydrogen-bond donors (Lipinski definition) is 0. The van der Waals surface area contributed by atoms with Crippen molar-refractivity contribution in [2.24, 2.45) is 0 Å². The van der Waals surface area contributed by atoms with Crippen LogP contribution in [0.25, 0.3) is 22.3 Å². The van der Waals surface area contributed by atoms with Crippen LogP contribution in [0.3, 0.4) is 0 Å². The monoisotopic (exact) mass is 350 g/mol. The second-order valence-corrected chi connectivity index (χ2v) is 7.48. The Balaban J connectivity index is 1.91. The van der Waals surface area contributed by atoms with E-state index < -0.39 is 0 Å². The van der Waals surface area contributed by atoms with E-state index in [9.17, 15) is 0 Å². The van der Waals surface area contributed by atoms with E-state index in [1.165, 1.54) is 50.2 Å². The summed E-state index contributed by atoms with van der Waals surface area (Å²) in [4.78, 5) is 2.30. The van der Waals surface area contributed by atoms with Gasteiger partial charge in [-0.1, -0.05) is 53.6 Å². The second-order valence-electron chi connectivity index (χ2n) is 7.48. The lowest BCUT2D eigenvalue weighted by Crippen LogP contribution is -2.30. The van der Waals surface area contributed by atoms with Gasteiger partial charge in [-0.05, 0) is 54.7 Å². The largest absolute Gasteiger partial charge is 0.297 e. The van der Waals surface area contributed by atoms with Gasteiger partial charge in [0.1, 0.15) is 6.20 Å². The van der Waals surface area contributed by atoms with Crippen molar-refractivity contribution < 1.29 is 4.58 Å². The Morgan fingerprint density at radius 3 is 2.33 bits per heavy atom. The van der Waals surface area contributed by atoms with Gasteiger partial charge in [-0.3, -0.25) is 9.48 Å². The summed E-state index contributed by atoms with van der Waals surface area (Å²) in [5.41, 5.74) is 11.5. The van der Waals surface area contributed by atoms with Gasteiger partial charge in [0.15, 0.2) is 0 Å². The van der Waals surface area contributed by atoms with E-state index in [0.717, 1.165) is 6.17 Å². The van der Waals surface area contributed by atoms with Gasteiger partial charge in [0.25, 0.3) is 0 Å². The average molecular weight is 350 g/mol. The Bertz CT molecular complexity index is 1120. The summed E-state index contributed by atoms with van der Waals surface area (Å²) >= 11 is 0. The summed E-state index contributed by atoms with van der Waals surface area (Å²) < 4.78 is 1.97. The molecule has 5 rings (SSSR count). The van der Waals surface area contributed by atoms with Crippen molar-refractivity contribution in [3.8, 4) is 22.3 Å². The van der Waals surface area contributed by atoms with E-state index in [2.05, 4.69) is 93.2 Å². The molecular weight excluding hydrogens is 328 g/mol. The predicted octanol–water partition coefficient (Wildman–Crippen LogP) is 5.80. The lowest BCUT2D eigenvalue weighted by Gasteiger charge is -2.36. The minimum Gasteiger partial charge on any atom is -0.297 e. The van der Waals surface area contributed by atoms with Crippen LogP contribution >= 0.6 is 0 Å². The highest BCUT2D eigenvalue weighted by molar-refractivity contribution is 5.98. The molecule has 0 aromatic heterocycles. The maximum Gasteiger partial charge on any atom is 0.221 e. The number of hydrogen-bond acceptors (Lipinski definition) is 1. The Labute approximate surface area is 160 Å². The van der Waals surface area contributed by atoms with E-state index in [1.807, 2.05) is 10.8 Å². The lowest BCUT2D eigenvalue weighted by atomic mass is 9.85. The third-order valence-electron chi connectivity index (χ3n) is 5.60. The molecule has 3 aromatic rings. The molecule has 0 saturated carbocycles. The number of anilines is 1.